The lowest BCUT2D eigenvalue weighted by Crippen LogP contribution is -2.33. The Morgan fingerprint density at radius 3 is 2.29 bits per heavy atom. The summed E-state index contributed by atoms with van der Waals surface area (Å²) in [5.41, 5.74) is 2.19. The van der Waals surface area contributed by atoms with Crippen molar-refractivity contribution in [2.75, 3.05) is 13.1 Å². The number of nitrogens with zero attached hydrogens (tertiary/aromatic N) is 1. The number of aryl methyl sites for hydroxylation is 1. The normalized spacial score (nSPS) is 10.4. The van der Waals surface area contributed by atoms with E-state index in [9.17, 15) is 14.7 Å². The van der Waals surface area contributed by atoms with Crippen LogP contribution in [0.25, 0.3) is 0 Å². The topological polar surface area (TPSA) is 57.6 Å². The van der Waals surface area contributed by atoms with E-state index >= 15 is 0 Å². The highest BCUT2D eigenvalue weighted by atomic mass is 16.4. The van der Waals surface area contributed by atoms with Gasteiger partial charge >= 0.3 is 5.97 Å². The van der Waals surface area contributed by atoms with Crippen LogP contribution >= 0.6 is 0 Å². The van der Waals surface area contributed by atoms with Crippen molar-refractivity contribution in [2.45, 2.75) is 26.2 Å². The molecule has 0 aliphatic rings. The number of likely N-dealkylation sites (N-methyl/N-ethyl adjacent to an activating group) is 1. The van der Waals surface area contributed by atoms with Gasteiger partial charge in [-0.15, -0.1) is 0 Å². The lowest BCUT2D eigenvalue weighted by Gasteiger charge is -2.21. The van der Waals surface area contributed by atoms with Gasteiger partial charge < -0.3 is 10.0 Å². The molecule has 0 saturated carbocycles. The Balaban J connectivity index is 1.91. The largest absolute Gasteiger partial charge is 0.478 e. The van der Waals surface area contributed by atoms with Gasteiger partial charge in [-0.25, -0.2) is 4.79 Å². The number of aromatic carboxylic acids is 1. The molecule has 0 aliphatic heterocycles. The summed E-state index contributed by atoms with van der Waals surface area (Å²) in [4.78, 5) is 25.5. The van der Waals surface area contributed by atoms with Gasteiger partial charge in [-0.05, 0) is 37.0 Å². The van der Waals surface area contributed by atoms with E-state index < -0.39 is 5.97 Å². The maximum absolute atomic E-state index is 12.4. The number of carboxylic acids is 1. The molecule has 0 radical (unpaired) electrons. The van der Waals surface area contributed by atoms with Crippen molar-refractivity contribution in [2.24, 2.45) is 0 Å². The number of hydrogen-bond acceptors (Lipinski definition) is 2. The molecule has 4 heteroatoms. The molecule has 126 valence electrons. The highest BCUT2D eigenvalue weighted by Gasteiger charge is 2.14. The van der Waals surface area contributed by atoms with Gasteiger partial charge in [0, 0.05) is 19.5 Å². The molecule has 2 aromatic rings. The zero-order valence-corrected chi connectivity index (χ0v) is 13.9. The molecule has 0 saturated heterocycles. The average Bonchev–Trinajstić information content (AvgIpc) is 2.61. The summed E-state index contributed by atoms with van der Waals surface area (Å²) >= 11 is 0. The first-order valence-electron chi connectivity index (χ1n) is 8.24. The molecule has 24 heavy (non-hydrogen) atoms. The number of hydrogen-bond donors (Lipinski definition) is 1. The molecule has 4 nitrogen and oxygen atoms in total. The van der Waals surface area contributed by atoms with Crippen LogP contribution in [0.2, 0.25) is 0 Å². The zero-order chi connectivity index (χ0) is 17.4. The van der Waals surface area contributed by atoms with Gasteiger partial charge in [-0.1, -0.05) is 48.5 Å². The van der Waals surface area contributed by atoms with Crippen LogP contribution < -0.4 is 0 Å². The number of rotatable bonds is 8. The minimum absolute atomic E-state index is 0.0635. The second-order valence-electron chi connectivity index (χ2n) is 5.67. The Labute approximate surface area is 142 Å². The maximum Gasteiger partial charge on any atom is 0.335 e. The summed E-state index contributed by atoms with van der Waals surface area (Å²) in [5.74, 6) is -0.886. The van der Waals surface area contributed by atoms with Crippen LogP contribution in [0.5, 0.6) is 0 Å². The van der Waals surface area contributed by atoms with Crippen LogP contribution in [0.15, 0.2) is 54.6 Å². The molecule has 0 atom stereocenters. The minimum atomic E-state index is -0.950. The van der Waals surface area contributed by atoms with E-state index in [2.05, 4.69) is 12.1 Å². The van der Waals surface area contributed by atoms with Gasteiger partial charge in [-0.2, -0.15) is 0 Å². The Hall–Kier alpha value is -2.62. The van der Waals surface area contributed by atoms with Crippen LogP contribution in [0.4, 0.5) is 0 Å². The molecule has 2 rings (SSSR count). The number of carbonyl (C=O) groups excluding carboxylic acids is 1. The van der Waals surface area contributed by atoms with Gasteiger partial charge in [0.05, 0.1) is 5.56 Å². The van der Waals surface area contributed by atoms with Crippen molar-refractivity contribution < 1.29 is 14.7 Å². The van der Waals surface area contributed by atoms with Crippen LogP contribution in [-0.4, -0.2) is 35.0 Å². The maximum atomic E-state index is 12.4. The fourth-order valence-electron chi connectivity index (χ4n) is 2.71. The van der Waals surface area contributed by atoms with E-state index in [-0.39, 0.29) is 11.5 Å². The molecular formula is C20H23NO3. The van der Waals surface area contributed by atoms with Crippen molar-refractivity contribution in [1.82, 2.24) is 4.90 Å². The number of amides is 1. The molecule has 1 N–H and O–H groups in total. The summed E-state index contributed by atoms with van der Waals surface area (Å²) in [6.07, 6.45) is 1.60. The summed E-state index contributed by atoms with van der Waals surface area (Å²) in [7, 11) is 0. The SMILES string of the molecule is CCN(CCc1ccccc1)C(=O)CCc1ccccc1C(=O)O. The Kier molecular flexibility index (Phi) is 6.55. The Bertz CT molecular complexity index is 682. The predicted molar refractivity (Wildman–Crippen MR) is 94.1 cm³/mol. The quantitative estimate of drug-likeness (QED) is 0.809. The van der Waals surface area contributed by atoms with E-state index in [4.69, 9.17) is 0 Å². The van der Waals surface area contributed by atoms with Gasteiger partial charge in [0.2, 0.25) is 5.91 Å². The molecule has 2 aromatic carbocycles. The molecule has 0 aliphatic carbocycles. The van der Waals surface area contributed by atoms with Crippen LogP contribution in [0.3, 0.4) is 0 Å². The third-order valence-corrected chi connectivity index (χ3v) is 4.10. The summed E-state index contributed by atoms with van der Waals surface area (Å²) in [6, 6.07) is 16.9. The smallest absolute Gasteiger partial charge is 0.335 e. The lowest BCUT2D eigenvalue weighted by molar-refractivity contribution is -0.130. The molecular weight excluding hydrogens is 302 g/mol. The van der Waals surface area contributed by atoms with Crippen LogP contribution in [-0.2, 0) is 17.6 Å². The minimum Gasteiger partial charge on any atom is -0.478 e. The number of carboxylic acid groups (broad SMARTS) is 1. The van der Waals surface area contributed by atoms with Crippen molar-refractivity contribution in [3.63, 3.8) is 0 Å². The second kappa shape index (κ2) is 8.87. The standard InChI is InChI=1S/C20H23NO3/c1-2-21(15-14-16-8-4-3-5-9-16)19(22)13-12-17-10-6-7-11-18(17)20(23)24/h3-11H,2,12-15H2,1H3,(H,23,24). The molecule has 0 fully saturated rings. The van der Waals surface area contributed by atoms with E-state index in [0.717, 1.165) is 6.42 Å². The second-order valence-corrected chi connectivity index (χ2v) is 5.67. The molecule has 0 bridgehead atoms. The molecule has 0 aromatic heterocycles. The average molecular weight is 325 g/mol. The van der Waals surface area contributed by atoms with Gasteiger partial charge in [-0.3, -0.25) is 4.79 Å². The first-order valence-corrected chi connectivity index (χ1v) is 8.24. The highest BCUT2D eigenvalue weighted by Crippen LogP contribution is 2.12. The van der Waals surface area contributed by atoms with Crippen molar-refractivity contribution in [3.05, 3.63) is 71.3 Å². The lowest BCUT2D eigenvalue weighted by atomic mass is 10.0. The molecule has 0 unspecified atom stereocenters. The molecule has 0 heterocycles. The first-order chi connectivity index (χ1) is 11.6. The molecule has 0 spiro atoms. The fraction of sp³-hybridized carbons (Fsp3) is 0.300. The summed E-state index contributed by atoms with van der Waals surface area (Å²) in [5, 5.41) is 9.20. The third kappa shape index (κ3) is 4.95. The van der Waals surface area contributed by atoms with Crippen LogP contribution in [0.1, 0.15) is 34.8 Å². The van der Waals surface area contributed by atoms with Crippen molar-refractivity contribution >= 4 is 11.9 Å². The zero-order valence-electron chi connectivity index (χ0n) is 13.9. The van der Waals surface area contributed by atoms with E-state index in [1.165, 1.54) is 5.56 Å². The van der Waals surface area contributed by atoms with E-state index in [1.54, 1.807) is 24.3 Å². The third-order valence-electron chi connectivity index (χ3n) is 4.10. The predicted octanol–water partition coefficient (Wildman–Crippen LogP) is 3.41. The van der Waals surface area contributed by atoms with E-state index in [0.29, 0.717) is 31.5 Å². The Morgan fingerprint density at radius 2 is 1.62 bits per heavy atom. The summed E-state index contributed by atoms with van der Waals surface area (Å²) < 4.78 is 0. The molecule has 1 amide bonds. The van der Waals surface area contributed by atoms with Gasteiger partial charge in [0.25, 0.3) is 0 Å². The summed E-state index contributed by atoms with van der Waals surface area (Å²) in [6.45, 7) is 3.31. The van der Waals surface area contributed by atoms with Crippen molar-refractivity contribution in [1.29, 1.82) is 0 Å². The van der Waals surface area contributed by atoms with Gasteiger partial charge in [0.1, 0.15) is 0 Å². The van der Waals surface area contributed by atoms with E-state index in [1.807, 2.05) is 30.0 Å². The monoisotopic (exact) mass is 325 g/mol. The van der Waals surface area contributed by atoms with Gasteiger partial charge in [0.15, 0.2) is 0 Å². The Morgan fingerprint density at radius 1 is 0.958 bits per heavy atom. The number of benzene rings is 2. The number of carbonyl (C=O) groups is 2. The van der Waals surface area contributed by atoms with Crippen LogP contribution in [0, 0.1) is 0 Å². The van der Waals surface area contributed by atoms with Crippen molar-refractivity contribution in [3.8, 4) is 0 Å². The first kappa shape index (κ1) is 17.7. The highest BCUT2D eigenvalue weighted by molar-refractivity contribution is 5.89. The fourth-order valence-corrected chi connectivity index (χ4v) is 2.71.